The number of unbranched alkanes of at least 4 members (excludes halogenated alkanes) is 6. The van der Waals surface area contributed by atoms with Gasteiger partial charge in [0.2, 0.25) is 17.7 Å². The third kappa shape index (κ3) is 6.36. The molecule has 1 aliphatic heterocycles. The van der Waals surface area contributed by atoms with Crippen LogP contribution in [0.3, 0.4) is 0 Å². The fraction of sp³-hybridized carbons (Fsp3) is 0.786. The first-order chi connectivity index (χ1) is 9.13. The molecule has 19 heavy (non-hydrogen) atoms. The summed E-state index contributed by atoms with van der Waals surface area (Å²) in [5, 5.41) is 2.19. The predicted molar refractivity (Wildman–Crippen MR) is 72.3 cm³/mol. The minimum absolute atomic E-state index is 0.0150. The number of rotatable bonds is 8. The molecule has 0 aromatic carbocycles. The number of imide groups is 1. The molecule has 5 heteroatoms. The van der Waals surface area contributed by atoms with Crippen molar-refractivity contribution in [2.24, 2.45) is 0 Å². The van der Waals surface area contributed by atoms with E-state index >= 15 is 0 Å². The first-order valence-electron chi connectivity index (χ1n) is 7.24. The summed E-state index contributed by atoms with van der Waals surface area (Å²) in [6.07, 6.45) is 8.51. The van der Waals surface area contributed by atoms with Crippen molar-refractivity contribution < 1.29 is 14.4 Å². The molecule has 1 heterocycles. The zero-order valence-electron chi connectivity index (χ0n) is 11.7. The van der Waals surface area contributed by atoms with Crippen LogP contribution in [0, 0.1) is 0 Å². The van der Waals surface area contributed by atoms with Crippen molar-refractivity contribution in [1.82, 2.24) is 10.2 Å². The maximum atomic E-state index is 11.8. The summed E-state index contributed by atoms with van der Waals surface area (Å²) in [6, 6.07) is 0. The first-order valence-corrected chi connectivity index (χ1v) is 7.24. The Kier molecular flexibility index (Phi) is 7.15. The van der Waals surface area contributed by atoms with Crippen LogP contribution in [0.2, 0.25) is 0 Å². The maximum absolute atomic E-state index is 11.8. The average molecular weight is 268 g/mol. The molecule has 0 aromatic rings. The molecule has 0 saturated carbocycles. The Morgan fingerprint density at radius 3 is 2.11 bits per heavy atom. The summed E-state index contributed by atoms with van der Waals surface area (Å²) in [7, 11) is 0. The number of nitrogens with one attached hydrogen (secondary N) is 1. The van der Waals surface area contributed by atoms with Gasteiger partial charge in [0.25, 0.3) is 0 Å². The third-order valence-corrected chi connectivity index (χ3v) is 3.29. The van der Waals surface area contributed by atoms with Gasteiger partial charge >= 0.3 is 0 Å². The number of hydrogen-bond donors (Lipinski definition) is 1. The Morgan fingerprint density at radius 1 is 1.00 bits per heavy atom. The van der Waals surface area contributed by atoms with Crippen LogP contribution in [0.5, 0.6) is 0 Å². The zero-order valence-corrected chi connectivity index (χ0v) is 11.7. The summed E-state index contributed by atoms with van der Waals surface area (Å²) in [6.45, 7) is 2.22. The highest BCUT2D eigenvalue weighted by molar-refractivity contribution is 6.02. The predicted octanol–water partition coefficient (Wildman–Crippen LogP) is 1.61. The van der Waals surface area contributed by atoms with E-state index in [4.69, 9.17) is 0 Å². The monoisotopic (exact) mass is 268 g/mol. The molecule has 1 saturated heterocycles. The highest BCUT2D eigenvalue weighted by atomic mass is 16.2. The molecule has 0 unspecified atom stereocenters. The SMILES string of the molecule is CCCCCCCCCC(=O)N1CC(=O)NC(=O)C1. The van der Waals surface area contributed by atoms with Crippen molar-refractivity contribution in [3.05, 3.63) is 0 Å². The van der Waals surface area contributed by atoms with Gasteiger partial charge in [-0.3, -0.25) is 19.7 Å². The van der Waals surface area contributed by atoms with Crippen molar-refractivity contribution in [3.8, 4) is 0 Å². The summed E-state index contributed by atoms with van der Waals surface area (Å²) in [5.41, 5.74) is 0. The summed E-state index contributed by atoms with van der Waals surface area (Å²) in [4.78, 5) is 35.4. The van der Waals surface area contributed by atoms with Crippen molar-refractivity contribution in [2.75, 3.05) is 13.1 Å². The Labute approximate surface area is 114 Å². The lowest BCUT2D eigenvalue weighted by Gasteiger charge is -2.25. The van der Waals surface area contributed by atoms with E-state index in [9.17, 15) is 14.4 Å². The molecule has 1 fully saturated rings. The second-order valence-electron chi connectivity index (χ2n) is 5.09. The minimum atomic E-state index is -0.385. The van der Waals surface area contributed by atoms with E-state index in [1.54, 1.807) is 0 Å². The maximum Gasteiger partial charge on any atom is 0.246 e. The molecular weight excluding hydrogens is 244 g/mol. The smallest absolute Gasteiger partial charge is 0.246 e. The normalized spacial score (nSPS) is 15.5. The van der Waals surface area contributed by atoms with Gasteiger partial charge in [0.15, 0.2) is 0 Å². The van der Waals surface area contributed by atoms with E-state index in [-0.39, 0.29) is 30.8 Å². The van der Waals surface area contributed by atoms with Crippen LogP contribution in [0.4, 0.5) is 0 Å². The second kappa shape index (κ2) is 8.67. The second-order valence-corrected chi connectivity index (χ2v) is 5.09. The van der Waals surface area contributed by atoms with Crippen LogP contribution in [0.1, 0.15) is 58.3 Å². The first kappa shape index (κ1) is 15.7. The Balaban J connectivity index is 2.10. The molecule has 0 bridgehead atoms. The molecule has 1 aliphatic rings. The average Bonchev–Trinajstić information content (AvgIpc) is 2.36. The van der Waals surface area contributed by atoms with E-state index < -0.39 is 0 Å². The van der Waals surface area contributed by atoms with Gasteiger partial charge in [0.05, 0.1) is 0 Å². The third-order valence-electron chi connectivity index (χ3n) is 3.29. The molecule has 108 valence electrons. The Morgan fingerprint density at radius 2 is 1.53 bits per heavy atom. The van der Waals surface area contributed by atoms with Crippen molar-refractivity contribution >= 4 is 17.7 Å². The van der Waals surface area contributed by atoms with Gasteiger partial charge in [0.1, 0.15) is 13.1 Å². The van der Waals surface area contributed by atoms with Gasteiger partial charge in [0, 0.05) is 6.42 Å². The van der Waals surface area contributed by atoms with Crippen LogP contribution in [0.15, 0.2) is 0 Å². The molecular formula is C14H24N2O3. The lowest BCUT2D eigenvalue weighted by Crippen LogP contribution is -2.53. The lowest BCUT2D eigenvalue weighted by atomic mass is 10.1. The van der Waals surface area contributed by atoms with Crippen LogP contribution < -0.4 is 5.32 Å². The van der Waals surface area contributed by atoms with Gasteiger partial charge in [-0.05, 0) is 6.42 Å². The zero-order chi connectivity index (χ0) is 14.1. The number of amides is 3. The number of nitrogens with zero attached hydrogens (tertiary/aromatic N) is 1. The van der Waals surface area contributed by atoms with Crippen molar-refractivity contribution in [2.45, 2.75) is 58.3 Å². The summed E-state index contributed by atoms with van der Waals surface area (Å²) >= 11 is 0. The van der Waals surface area contributed by atoms with Gasteiger partial charge in [-0.2, -0.15) is 0 Å². The van der Waals surface area contributed by atoms with Crippen LogP contribution >= 0.6 is 0 Å². The van der Waals surface area contributed by atoms with Gasteiger partial charge in [-0.1, -0.05) is 45.4 Å². The molecule has 0 atom stereocenters. The van der Waals surface area contributed by atoms with Crippen molar-refractivity contribution in [1.29, 1.82) is 0 Å². The van der Waals surface area contributed by atoms with Crippen LogP contribution in [-0.4, -0.2) is 35.7 Å². The van der Waals surface area contributed by atoms with Gasteiger partial charge in [-0.25, -0.2) is 0 Å². The number of carbonyl (C=O) groups excluding carboxylic acids is 3. The largest absolute Gasteiger partial charge is 0.324 e. The van der Waals surface area contributed by atoms with Crippen LogP contribution in [-0.2, 0) is 14.4 Å². The van der Waals surface area contributed by atoms with Crippen molar-refractivity contribution in [3.63, 3.8) is 0 Å². The van der Waals surface area contributed by atoms with Gasteiger partial charge < -0.3 is 4.90 Å². The molecule has 0 radical (unpaired) electrons. The number of piperazine rings is 1. The molecule has 0 aromatic heterocycles. The molecule has 1 N–H and O–H groups in total. The highest BCUT2D eigenvalue weighted by Crippen LogP contribution is 2.10. The van der Waals surface area contributed by atoms with E-state index in [2.05, 4.69) is 12.2 Å². The number of hydrogen-bond acceptors (Lipinski definition) is 3. The van der Waals surface area contributed by atoms with E-state index in [0.717, 1.165) is 19.3 Å². The van der Waals surface area contributed by atoms with E-state index in [1.165, 1.54) is 30.6 Å². The van der Waals surface area contributed by atoms with E-state index in [1.807, 2.05) is 0 Å². The molecule has 0 aliphatic carbocycles. The Bertz CT molecular complexity index is 313. The fourth-order valence-corrected chi connectivity index (χ4v) is 2.20. The standard InChI is InChI=1S/C14H24N2O3/c1-2-3-4-5-6-7-8-9-14(19)16-10-12(17)15-13(18)11-16/h2-11H2,1H3,(H,15,17,18). The van der Waals surface area contributed by atoms with Crippen LogP contribution in [0.25, 0.3) is 0 Å². The van der Waals surface area contributed by atoms with Gasteiger partial charge in [-0.15, -0.1) is 0 Å². The molecule has 5 nitrogen and oxygen atoms in total. The topological polar surface area (TPSA) is 66.5 Å². The summed E-state index contributed by atoms with van der Waals surface area (Å²) < 4.78 is 0. The summed E-state index contributed by atoms with van der Waals surface area (Å²) in [5.74, 6) is -0.856. The minimum Gasteiger partial charge on any atom is -0.324 e. The molecule has 0 spiro atoms. The Hall–Kier alpha value is -1.39. The lowest BCUT2D eigenvalue weighted by molar-refractivity contribution is -0.145. The molecule has 3 amide bonds. The fourth-order valence-electron chi connectivity index (χ4n) is 2.20. The molecule has 1 rings (SSSR count). The van der Waals surface area contributed by atoms with E-state index in [0.29, 0.717) is 6.42 Å². The number of carbonyl (C=O) groups is 3. The highest BCUT2D eigenvalue weighted by Gasteiger charge is 2.25. The quantitative estimate of drug-likeness (QED) is 0.537.